The van der Waals surface area contributed by atoms with Crippen LogP contribution in [0.3, 0.4) is 0 Å². The van der Waals surface area contributed by atoms with E-state index in [4.69, 9.17) is 0 Å². The van der Waals surface area contributed by atoms with Gasteiger partial charge >= 0.3 is 0 Å². The van der Waals surface area contributed by atoms with Crippen LogP contribution in [-0.4, -0.2) is 23.1 Å². The highest BCUT2D eigenvalue weighted by molar-refractivity contribution is 5.10. The van der Waals surface area contributed by atoms with Crippen molar-refractivity contribution < 1.29 is 0 Å². The topological polar surface area (TPSA) is 29.9 Å². The summed E-state index contributed by atoms with van der Waals surface area (Å²) in [6.07, 6.45) is 8.54. The Labute approximate surface area is 91.9 Å². The van der Waals surface area contributed by atoms with Crippen molar-refractivity contribution in [1.82, 2.24) is 14.9 Å². The molecule has 1 fully saturated rings. The lowest BCUT2D eigenvalue weighted by molar-refractivity contribution is 0.617. The average molecular weight is 207 g/mol. The van der Waals surface area contributed by atoms with Crippen molar-refractivity contribution in [2.75, 3.05) is 13.6 Å². The van der Waals surface area contributed by atoms with Crippen LogP contribution < -0.4 is 5.32 Å². The number of nitrogens with one attached hydrogen (secondary N) is 1. The molecule has 84 valence electrons. The molecule has 1 saturated carbocycles. The van der Waals surface area contributed by atoms with Crippen LogP contribution in [0.2, 0.25) is 0 Å². The monoisotopic (exact) mass is 207 g/mol. The molecule has 1 heterocycles. The molecule has 1 N–H and O–H groups in total. The van der Waals surface area contributed by atoms with Crippen molar-refractivity contribution in [1.29, 1.82) is 0 Å². The molecule has 0 unspecified atom stereocenters. The van der Waals surface area contributed by atoms with Gasteiger partial charge in [-0.25, -0.2) is 4.98 Å². The number of hydrogen-bond acceptors (Lipinski definition) is 2. The van der Waals surface area contributed by atoms with Gasteiger partial charge in [0.2, 0.25) is 0 Å². The third-order valence-corrected chi connectivity index (χ3v) is 3.47. The summed E-state index contributed by atoms with van der Waals surface area (Å²) in [5, 5.41) is 3.18. The summed E-state index contributed by atoms with van der Waals surface area (Å²) in [5.74, 6) is 2.02. The second-order valence-electron chi connectivity index (χ2n) is 4.50. The maximum absolute atomic E-state index is 4.59. The molecule has 0 radical (unpaired) electrons. The highest BCUT2D eigenvalue weighted by Gasteiger charge is 2.21. The van der Waals surface area contributed by atoms with E-state index in [9.17, 15) is 0 Å². The fraction of sp³-hybridized carbons (Fsp3) is 0.750. The molecule has 1 aromatic rings. The van der Waals surface area contributed by atoms with Crippen LogP contribution in [0.5, 0.6) is 0 Å². The van der Waals surface area contributed by atoms with Gasteiger partial charge in [-0.2, -0.15) is 0 Å². The number of aromatic nitrogens is 2. The highest BCUT2D eigenvalue weighted by atomic mass is 15.1. The van der Waals surface area contributed by atoms with E-state index in [1.54, 1.807) is 0 Å². The van der Waals surface area contributed by atoms with Gasteiger partial charge in [0.15, 0.2) is 0 Å². The van der Waals surface area contributed by atoms with Crippen LogP contribution in [-0.2, 0) is 13.5 Å². The van der Waals surface area contributed by atoms with Gasteiger partial charge in [-0.15, -0.1) is 0 Å². The molecule has 2 rings (SSSR count). The molecule has 0 amide bonds. The van der Waals surface area contributed by atoms with E-state index in [1.165, 1.54) is 37.2 Å². The predicted octanol–water partition coefficient (Wildman–Crippen LogP) is 1.84. The summed E-state index contributed by atoms with van der Waals surface area (Å²) in [5.41, 5.74) is 1.35. The molecule has 1 aromatic heterocycles. The van der Waals surface area contributed by atoms with Crippen LogP contribution in [0.1, 0.15) is 43.1 Å². The van der Waals surface area contributed by atoms with Crippen molar-refractivity contribution in [3.05, 3.63) is 17.7 Å². The Kier molecular flexibility index (Phi) is 3.41. The van der Waals surface area contributed by atoms with Gasteiger partial charge < -0.3 is 9.88 Å². The molecule has 15 heavy (non-hydrogen) atoms. The molecule has 0 aromatic carbocycles. The minimum atomic E-state index is 0.721. The SMILES string of the molecule is CNCCc1cnc(C2CCCC2)n1C. The van der Waals surface area contributed by atoms with Crippen LogP contribution in [0.4, 0.5) is 0 Å². The van der Waals surface area contributed by atoms with E-state index in [1.807, 2.05) is 13.2 Å². The first-order valence-corrected chi connectivity index (χ1v) is 5.98. The molecule has 1 aliphatic carbocycles. The maximum Gasteiger partial charge on any atom is 0.111 e. The summed E-state index contributed by atoms with van der Waals surface area (Å²) in [6.45, 7) is 1.03. The summed E-state index contributed by atoms with van der Waals surface area (Å²) >= 11 is 0. The minimum absolute atomic E-state index is 0.721. The second kappa shape index (κ2) is 4.79. The summed E-state index contributed by atoms with van der Waals surface area (Å²) < 4.78 is 2.30. The Morgan fingerprint density at radius 2 is 2.20 bits per heavy atom. The van der Waals surface area contributed by atoms with E-state index >= 15 is 0 Å². The number of imidazole rings is 1. The lowest BCUT2D eigenvalue weighted by Crippen LogP contribution is -2.13. The van der Waals surface area contributed by atoms with Gasteiger partial charge in [0.1, 0.15) is 5.82 Å². The van der Waals surface area contributed by atoms with Crippen LogP contribution >= 0.6 is 0 Å². The second-order valence-corrected chi connectivity index (χ2v) is 4.50. The Morgan fingerprint density at radius 3 is 2.87 bits per heavy atom. The van der Waals surface area contributed by atoms with Crippen LogP contribution in [0.25, 0.3) is 0 Å². The zero-order valence-corrected chi connectivity index (χ0v) is 9.79. The normalized spacial score (nSPS) is 17.5. The number of hydrogen-bond donors (Lipinski definition) is 1. The zero-order chi connectivity index (χ0) is 10.7. The summed E-state index contributed by atoms with van der Waals surface area (Å²) in [7, 11) is 4.15. The lowest BCUT2D eigenvalue weighted by atomic mass is 10.1. The largest absolute Gasteiger partial charge is 0.335 e. The molecule has 3 nitrogen and oxygen atoms in total. The van der Waals surface area contributed by atoms with Gasteiger partial charge in [0.25, 0.3) is 0 Å². The molecule has 0 atom stereocenters. The van der Waals surface area contributed by atoms with Crippen molar-refractivity contribution in [3.63, 3.8) is 0 Å². The third-order valence-electron chi connectivity index (χ3n) is 3.47. The van der Waals surface area contributed by atoms with E-state index in [2.05, 4.69) is 21.9 Å². The first-order chi connectivity index (χ1) is 7.33. The van der Waals surface area contributed by atoms with Crippen molar-refractivity contribution in [2.45, 2.75) is 38.0 Å². The molecule has 1 aliphatic rings. The Balaban J connectivity index is 2.08. The van der Waals surface area contributed by atoms with E-state index in [0.29, 0.717) is 0 Å². The molecule has 0 saturated heterocycles. The van der Waals surface area contributed by atoms with E-state index < -0.39 is 0 Å². The van der Waals surface area contributed by atoms with Crippen LogP contribution in [0, 0.1) is 0 Å². The summed E-state index contributed by atoms with van der Waals surface area (Å²) in [4.78, 5) is 4.59. The van der Waals surface area contributed by atoms with Crippen molar-refractivity contribution in [2.24, 2.45) is 7.05 Å². The molecular formula is C12H21N3. The van der Waals surface area contributed by atoms with Gasteiger partial charge in [0.05, 0.1) is 0 Å². The number of likely N-dealkylation sites (N-methyl/N-ethyl adjacent to an activating group) is 1. The van der Waals surface area contributed by atoms with Gasteiger partial charge in [-0.05, 0) is 19.9 Å². The number of nitrogens with zero attached hydrogens (tertiary/aromatic N) is 2. The predicted molar refractivity (Wildman–Crippen MR) is 62.0 cm³/mol. The molecular weight excluding hydrogens is 186 g/mol. The molecule has 0 aliphatic heterocycles. The quantitative estimate of drug-likeness (QED) is 0.816. The first kappa shape index (κ1) is 10.7. The van der Waals surface area contributed by atoms with Crippen LogP contribution in [0.15, 0.2) is 6.20 Å². The number of rotatable bonds is 4. The molecule has 0 bridgehead atoms. The Bertz CT molecular complexity index is 311. The Hall–Kier alpha value is -0.830. The molecule has 0 spiro atoms. The minimum Gasteiger partial charge on any atom is -0.335 e. The Morgan fingerprint density at radius 1 is 1.47 bits per heavy atom. The summed E-state index contributed by atoms with van der Waals surface area (Å²) in [6, 6.07) is 0. The highest BCUT2D eigenvalue weighted by Crippen LogP contribution is 2.33. The van der Waals surface area contributed by atoms with Gasteiger partial charge in [0, 0.05) is 37.8 Å². The fourth-order valence-corrected chi connectivity index (χ4v) is 2.51. The van der Waals surface area contributed by atoms with Gasteiger partial charge in [-0.1, -0.05) is 12.8 Å². The van der Waals surface area contributed by atoms with E-state index in [0.717, 1.165) is 18.9 Å². The van der Waals surface area contributed by atoms with E-state index in [-0.39, 0.29) is 0 Å². The first-order valence-electron chi connectivity index (χ1n) is 5.98. The van der Waals surface area contributed by atoms with Crippen molar-refractivity contribution in [3.8, 4) is 0 Å². The molecule has 3 heteroatoms. The van der Waals surface area contributed by atoms with Gasteiger partial charge in [-0.3, -0.25) is 0 Å². The lowest BCUT2D eigenvalue weighted by Gasteiger charge is -2.10. The standard InChI is InChI=1S/C12H21N3/c1-13-8-7-11-9-14-12(15(11)2)10-5-3-4-6-10/h9-10,13H,3-8H2,1-2H3. The average Bonchev–Trinajstić information content (AvgIpc) is 2.84. The zero-order valence-electron chi connectivity index (χ0n) is 9.79. The van der Waals surface area contributed by atoms with Crippen molar-refractivity contribution >= 4 is 0 Å². The third kappa shape index (κ3) is 2.23. The maximum atomic E-state index is 4.59. The smallest absolute Gasteiger partial charge is 0.111 e. The fourth-order valence-electron chi connectivity index (χ4n) is 2.51.